The average molecular weight is 269 g/mol. The van der Waals surface area contributed by atoms with Crippen molar-refractivity contribution in [1.29, 1.82) is 5.26 Å². The number of aromatic hydroxyl groups is 1. The van der Waals surface area contributed by atoms with E-state index >= 15 is 0 Å². The number of phenols is 1. The van der Waals surface area contributed by atoms with E-state index in [1.165, 1.54) is 0 Å². The summed E-state index contributed by atoms with van der Waals surface area (Å²) in [6, 6.07) is 7.23. The van der Waals surface area contributed by atoms with Gasteiger partial charge in [0, 0.05) is 5.56 Å². The number of nitrogens with two attached hydrogens (primary N) is 2. The molecule has 0 unspecified atom stereocenters. The fourth-order valence-corrected chi connectivity index (χ4v) is 2.02. The summed E-state index contributed by atoms with van der Waals surface area (Å²) in [5.74, 6) is 0.184. The van der Waals surface area contributed by atoms with Crippen LogP contribution in [0.25, 0.3) is 11.3 Å². The third-order valence-corrected chi connectivity index (χ3v) is 3.01. The van der Waals surface area contributed by atoms with Crippen LogP contribution in [0, 0.1) is 11.3 Å². The number of nitrogen functional groups attached to an aromatic ring is 2. The SMILES string of the molecule is CC(C)c1cccc(-c2nc(N)nc(N)c2C#N)c1O. The van der Waals surface area contributed by atoms with Crippen LogP contribution in [0.1, 0.15) is 30.9 Å². The first-order valence-electron chi connectivity index (χ1n) is 6.11. The normalized spacial score (nSPS) is 10.5. The first-order valence-corrected chi connectivity index (χ1v) is 6.11. The molecule has 2 aromatic rings. The quantitative estimate of drug-likeness (QED) is 0.766. The predicted octanol–water partition coefficient (Wildman–Crippen LogP) is 2.01. The fraction of sp³-hybridized carbons (Fsp3) is 0.214. The Hall–Kier alpha value is -2.81. The zero-order chi connectivity index (χ0) is 14.9. The molecule has 0 aliphatic heterocycles. The highest BCUT2D eigenvalue weighted by Gasteiger charge is 2.18. The van der Waals surface area contributed by atoms with E-state index in [1.54, 1.807) is 12.1 Å². The summed E-state index contributed by atoms with van der Waals surface area (Å²) in [7, 11) is 0. The number of nitrogens with zero attached hydrogens (tertiary/aromatic N) is 3. The number of anilines is 2. The first kappa shape index (κ1) is 13.6. The number of phenolic OH excluding ortho intramolecular Hbond substituents is 1. The van der Waals surface area contributed by atoms with E-state index in [9.17, 15) is 10.4 Å². The molecule has 0 saturated heterocycles. The van der Waals surface area contributed by atoms with Crippen molar-refractivity contribution in [3.63, 3.8) is 0 Å². The lowest BCUT2D eigenvalue weighted by Gasteiger charge is -2.13. The second-order valence-electron chi connectivity index (χ2n) is 4.70. The molecular weight excluding hydrogens is 254 g/mol. The molecule has 0 fully saturated rings. The van der Waals surface area contributed by atoms with Crippen molar-refractivity contribution in [2.24, 2.45) is 0 Å². The van der Waals surface area contributed by atoms with Gasteiger partial charge in [-0.05, 0) is 17.5 Å². The minimum Gasteiger partial charge on any atom is -0.507 e. The molecule has 102 valence electrons. The van der Waals surface area contributed by atoms with E-state index in [0.29, 0.717) is 5.56 Å². The molecule has 0 spiro atoms. The van der Waals surface area contributed by atoms with Gasteiger partial charge in [-0.3, -0.25) is 0 Å². The van der Waals surface area contributed by atoms with Gasteiger partial charge in [0.25, 0.3) is 0 Å². The lowest BCUT2D eigenvalue weighted by molar-refractivity contribution is 0.466. The fourth-order valence-electron chi connectivity index (χ4n) is 2.02. The lowest BCUT2D eigenvalue weighted by atomic mass is 9.96. The molecule has 0 amide bonds. The maximum absolute atomic E-state index is 10.4. The Balaban J connectivity index is 2.76. The van der Waals surface area contributed by atoms with Crippen LogP contribution >= 0.6 is 0 Å². The van der Waals surface area contributed by atoms with E-state index in [0.717, 1.165) is 5.56 Å². The van der Waals surface area contributed by atoms with Crippen LogP contribution in [-0.4, -0.2) is 15.1 Å². The van der Waals surface area contributed by atoms with Crippen molar-refractivity contribution in [2.75, 3.05) is 11.5 Å². The molecule has 0 saturated carbocycles. The van der Waals surface area contributed by atoms with Crippen molar-refractivity contribution < 1.29 is 5.11 Å². The largest absolute Gasteiger partial charge is 0.507 e. The Labute approximate surface area is 116 Å². The molecule has 1 aromatic heterocycles. The number of aromatic nitrogens is 2. The molecule has 0 bridgehead atoms. The third kappa shape index (κ3) is 2.21. The number of nitriles is 1. The van der Waals surface area contributed by atoms with Gasteiger partial charge in [0.05, 0.1) is 5.69 Å². The van der Waals surface area contributed by atoms with Gasteiger partial charge >= 0.3 is 0 Å². The summed E-state index contributed by atoms with van der Waals surface area (Å²) in [5, 5.41) is 19.6. The number of hydrogen-bond donors (Lipinski definition) is 3. The van der Waals surface area contributed by atoms with Crippen LogP contribution in [0.5, 0.6) is 5.75 Å². The Morgan fingerprint density at radius 3 is 2.55 bits per heavy atom. The highest BCUT2D eigenvalue weighted by molar-refractivity contribution is 5.78. The van der Waals surface area contributed by atoms with Crippen LogP contribution in [0.2, 0.25) is 0 Å². The van der Waals surface area contributed by atoms with Crippen molar-refractivity contribution in [3.8, 4) is 23.1 Å². The van der Waals surface area contributed by atoms with E-state index in [-0.39, 0.29) is 34.7 Å². The summed E-state index contributed by atoms with van der Waals surface area (Å²) in [5.41, 5.74) is 12.8. The second kappa shape index (κ2) is 5.05. The van der Waals surface area contributed by atoms with Gasteiger partial charge in [-0.25, -0.2) is 4.98 Å². The van der Waals surface area contributed by atoms with E-state index < -0.39 is 0 Å². The summed E-state index contributed by atoms with van der Waals surface area (Å²) < 4.78 is 0. The number of benzene rings is 1. The maximum Gasteiger partial charge on any atom is 0.222 e. The maximum atomic E-state index is 10.4. The smallest absolute Gasteiger partial charge is 0.222 e. The molecule has 6 heteroatoms. The van der Waals surface area contributed by atoms with Crippen LogP contribution in [0.15, 0.2) is 18.2 Å². The zero-order valence-corrected chi connectivity index (χ0v) is 11.3. The van der Waals surface area contributed by atoms with Crippen LogP contribution < -0.4 is 11.5 Å². The number of para-hydroxylation sites is 1. The van der Waals surface area contributed by atoms with E-state index in [1.807, 2.05) is 26.0 Å². The molecule has 1 heterocycles. The van der Waals surface area contributed by atoms with E-state index in [2.05, 4.69) is 9.97 Å². The lowest BCUT2D eigenvalue weighted by Crippen LogP contribution is -2.05. The summed E-state index contributed by atoms with van der Waals surface area (Å²) in [6.45, 7) is 3.93. The topological polar surface area (TPSA) is 122 Å². The van der Waals surface area contributed by atoms with Crippen molar-refractivity contribution >= 4 is 11.8 Å². The molecule has 2 rings (SSSR count). The van der Waals surface area contributed by atoms with Gasteiger partial charge in [-0.2, -0.15) is 10.2 Å². The zero-order valence-electron chi connectivity index (χ0n) is 11.3. The molecule has 0 atom stereocenters. The van der Waals surface area contributed by atoms with Crippen LogP contribution in [0.4, 0.5) is 11.8 Å². The van der Waals surface area contributed by atoms with Crippen LogP contribution in [0.3, 0.4) is 0 Å². The highest BCUT2D eigenvalue weighted by atomic mass is 16.3. The summed E-state index contributed by atoms with van der Waals surface area (Å²) >= 11 is 0. The predicted molar refractivity (Wildman–Crippen MR) is 76.8 cm³/mol. The molecule has 5 N–H and O–H groups in total. The minimum atomic E-state index is -0.0362. The van der Waals surface area contributed by atoms with Crippen molar-refractivity contribution in [3.05, 3.63) is 29.3 Å². The molecule has 0 radical (unpaired) electrons. The Kier molecular flexibility index (Phi) is 3.44. The van der Waals surface area contributed by atoms with Gasteiger partial charge in [-0.15, -0.1) is 0 Å². The minimum absolute atomic E-state index is 0.00403. The van der Waals surface area contributed by atoms with Crippen molar-refractivity contribution in [2.45, 2.75) is 19.8 Å². The van der Waals surface area contributed by atoms with Gasteiger partial charge in [0.1, 0.15) is 23.2 Å². The molecule has 6 nitrogen and oxygen atoms in total. The number of rotatable bonds is 2. The molecular formula is C14H15N5O. The molecule has 0 aliphatic rings. The molecule has 20 heavy (non-hydrogen) atoms. The van der Waals surface area contributed by atoms with Crippen LogP contribution in [-0.2, 0) is 0 Å². The highest BCUT2D eigenvalue weighted by Crippen LogP contribution is 2.37. The van der Waals surface area contributed by atoms with Gasteiger partial charge in [0.15, 0.2) is 0 Å². The first-order chi connectivity index (χ1) is 9.45. The Morgan fingerprint density at radius 2 is 1.95 bits per heavy atom. The van der Waals surface area contributed by atoms with Gasteiger partial charge in [-0.1, -0.05) is 26.0 Å². The second-order valence-corrected chi connectivity index (χ2v) is 4.70. The Bertz CT molecular complexity index is 703. The summed E-state index contributed by atoms with van der Waals surface area (Å²) in [6.07, 6.45) is 0. The third-order valence-electron chi connectivity index (χ3n) is 3.01. The Morgan fingerprint density at radius 1 is 1.25 bits per heavy atom. The van der Waals surface area contributed by atoms with E-state index in [4.69, 9.17) is 11.5 Å². The molecule has 1 aromatic carbocycles. The summed E-state index contributed by atoms with van der Waals surface area (Å²) in [4.78, 5) is 7.80. The number of hydrogen-bond acceptors (Lipinski definition) is 6. The average Bonchev–Trinajstić information content (AvgIpc) is 2.37. The van der Waals surface area contributed by atoms with Gasteiger partial charge < -0.3 is 16.6 Å². The van der Waals surface area contributed by atoms with Crippen molar-refractivity contribution in [1.82, 2.24) is 9.97 Å². The standard InChI is InChI=1S/C14H15N5O/c1-7(2)8-4-3-5-9(12(8)20)11-10(6-15)13(16)19-14(17)18-11/h3-5,7,20H,1-2H3,(H4,16,17,18,19). The van der Waals surface area contributed by atoms with Gasteiger partial charge in [0.2, 0.25) is 5.95 Å². The molecule has 0 aliphatic carbocycles. The monoisotopic (exact) mass is 269 g/mol.